The Balaban J connectivity index is 2.04. The van der Waals surface area contributed by atoms with E-state index < -0.39 is 34.0 Å². The van der Waals surface area contributed by atoms with E-state index in [1.807, 2.05) is 6.07 Å². The second kappa shape index (κ2) is 10.1. The summed E-state index contributed by atoms with van der Waals surface area (Å²) in [6, 6.07) is 7.40. The van der Waals surface area contributed by atoms with Crippen LogP contribution < -0.4 is 5.32 Å². The fraction of sp³-hybridized carbons (Fsp3) is 0.524. The van der Waals surface area contributed by atoms with Crippen molar-refractivity contribution in [3.8, 4) is 6.07 Å². The number of carbonyl (C=O) groups excluding carboxylic acids is 3. The van der Waals surface area contributed by atoms with E-state index in [0.29, 0.717) is 13.1 Å². The molecule has 10 nitrogen and oxygen atoms in total. The maximum Gasteiger partial charge on any atom is 0.338 e. The van der Waals surface area contributed by atoms with Crippen LogP contribution in [-0.2, 0) is 24.3 Å². The number of amides is 2. The fourth-order valence-corrected chi connectivity index (χ4v) is 4.49. The van der Waals surface area contributed by atoms with E-state index in [2.05, 4.69) is 5.32 Å². The van der Waals surface area contributed by atoms with Crippen LogP contribution in [-0.4, -0.2) is 73.7 Å². The third kappa shape index (κ3) is 5.83. The van der Waals surface area contributed by atoms with Crippen molar-refractivity contribution in [1.82, 2.24) is 14.5 Å². The Morgan fingerprint density at radius 1 is 1.22 bits per heavy atom. The van der Waals surface area contributed by atoms with Gasteiger partial charge < -0.3 is 15.0 Å². The van der Waals surface area contributed by atoms with Crippen LogP contribution in [0.5, 0.6) is 0 Å². The van der Waals surface area contributed by atoms with Crippen LogP contribution in [0.2, 0.25) is 0 Å². The number of rotatable bonds is 7. The van der Waals surface area contributed by atoms with Crippen molar-refractivity contribution >= 4 is 27.8 Å². The van der Waals surface area contributed by atoms with Crippen molar-refractivity contribution in [3.05, 3.63) is 29.8 Å². The van der Waals surface area contributed by atoms with Crippen LogP contribution in [0.25, 0.3) is 0 Å². The maximum atomic E-state index is 12.9. The highest BCUT2D eigenvalue weighted by molar-refractivity contribution is 7.89. The lowest BCUT2D eigenvalue weighted by molar-refractivity contribution is -0.130. The highest BCUT2D eigenvalue weighted by Crippen LogP contribution is 2.20. The van der Waals surface area contributed by atoms with Gasteiger partial charge in [-0.2, -0.15) is 9.57 Å². The summed E-state index contributed by atoms with van der Waals surface area (Å²) >= 11 is 0. The van der Waals surface area contributed by atoms with E-state index in [1.165, 1.54) is 35.5 Å². The molecule has 1 unspecified atom stereocenters. The predicted octanol–water partition coefficient (Wildman–Crippen LogP) is 0.751. The first-order valence-electron chi connectivity index (χ1n) is 10.2. The molecule has 2 rings (SSSR count). The molecule has 1 atom stereocenters. The zero-order chi connectivity index (χ0) is 24.1. The minimum Gasteiger partial charge on any atom is -0.452 e. The molecule has 0 radical (unpaired) electrons. The van der Waals surface area contributed by atoms with E-state index in [0.717, 1.165) is 0 Å². The molecule has 1 N–H and O–H groups in total. The second-order valence-corrected chi connectivity index (χ2v) is 9.97. The van der Waals surface area contributed by atoms with Gasteiger partial charge in [-0.15, -0.1) is 0 Å². The van der Waals surface area contributed by atoms with E-state index in [9.17, 15) is 28.1 Å². The molecule has 0 saturated carbocycles. The van der Waals surface area contributed by atoms with E-state index in [1.54, 1.807) is 25.7 Å². The van der Waals surface area contributed by atoms with Gasteiger partial charge in [-0.05, 0) is 31.0 Å². The van der Waals surface area contributed by atoms with Gasteiger partial charge in [0, 0.05) is 33.1 Å². The van der Waals surface area contributed by atoms with Gasteiger partial charge in [0.25, 0.3) is 5.91 Å². The Labute approximate surface area is 188 Å². The predicted molar refractivity (Wildman–Crippen MR) is 115 cm³/mol. The highest BCUT2D eigenvalue weighted by Gasteiger charge is 2.31. The molecular weight excluding hydrogens is 436 g/mol. The van der Waals surface area contributed by atoms with Crippen LogP contribution in [0.15, 0.2) is 29.2 Å². The largest absolute Gasteiger partial charge is 0.452 e. The third-order valence-corrected chi connectivity index (χ3v) is 7.41. The Kier molecular flexibility index (Phi) is 7.98. The molecule has 1 aromatic rings. The van der Waals surface area contributed by atoms with Crippen molar-refractivity contribution in [2.75, 3.05) is 32.8 Å². The maximum absolute atomic E-state index is 12.9. The molecule has 11 heteroatoms. The number of sulfonamides is 1. The standard InChI is InChI=1S/C21H28N4O6S/c1-15(2)21(4,14-22)23-19(27)13-31-20(28)17-6-5-7-18(12-17)32(29,30)25-10-8-24(9-11-25)16(3)26/h5-7,12,15H,8-11,13H2,1-4H3,(H,23,27). The summed E-state index contributed by atoms with van der Waals surface area (Å²) in [7, 11) is -3.86. The summed E-state index contributed by atoms with van der Waals surface area (Å²) in [5.41, 5.74) is -1.13. The Bertz CT molecular complexity index is 1020. The summed E-state index contributed by atoms with van der Waals surface area (Å²) in [6.07, 6.45) is 0. The highest BCUT2D eigenvalue weighted by atomic mass is 32.2. The van der Waals surface area contributed by atoms with Crippen LogP contribution >= 0.6 is 0 Å². The minimum atomic E-state index is -3.86. The first-order chi connectivity index (χ1) is 14.9. The molecule has 1 heterocycles. The van der Waals surface area contributed by atoms with Crippen molar-refractivity contribution in [2.45, 2.75) is 38.1 Å². The number of ether oxygens (including phenoxy) is 1. The Morgan fingerprint density at radius 2 is 1.84 bits per heavy atom. The van der Waals surface area contributed by atoms with Gasteiger partial charge >= 0.3 is 5.97 Å². The number of esters is 1. The minimum absolute atomic E-state index is 0.0202. The van der Waals surface area contributed by atoms with Crippen molar-refractivity contribution < 1.29 is 27.5 Å². The molecule has 0 spiro atoms. The lowest BCUT2D eigenvalue weighted by Crippen LogP contribution is -2.50. The summed E-state index contributed by atoms with van der Waals surface area (Å²) in [6.45, 7) is 6.86. The molecule has 2 amide bonds. The molecule has 32 heavy (non-hydrogen) atoms. The van der Waals surface area contributed by atoms with Gasteiger partial charge in [0.05, 0.1) is 16.5 Å². The summed E-state index contributed by atoms with van der Waals surface area (Å²) < 4.78 is 32.1. The van der Waals surface area contributed by atoms with Crippen LogP contribution in [0.3, 0.4) is 0 Å². The van der Waals surface area contributed by atoms with Crippen LogP contribution in [0.1, 0.15) is 38.1 Å². The SMILES string of the molecule is CC(=O)N1CCN(S(=O)(=O)c2cccc(C(=O)OCC(=O)NC(C)(C#N)C(C)C)c2)CC1. The zero-order valence-electron chi connectivity index (χ0n) is 18.6. The molecule has 1 aromatic carbocycles. The first-order valence-corrected chi connectivity index (χ1v) is 11.6. The number of nitrogens with zero attached hydrogens (tertiary/aromatic N) is 3. The molecule has 1 fully saturated rings. The van der Waals surface area contributed by atoms with Gasteiger partial charge in [-0.3, -0.25) is 9.59 Å². The van der Waals surface area contributed by atoms with Crippen LogP contribution in [0.4, 0.5) is 0 Å². The molecule has 174 valence electrons. The quantitative estimate of drug-likeness (QED) is 0.588. The normalized spacial score (nSPS) is 16.7. The van der Waals surface area contributed by atoms with E-state index >= 15 is 0 Å². The number of nitriles is 1. The molecule has 0 aliphatic carbocycles. The van der Waals surface area contributed by atoms with E-state index in [4.69, 9.17) is 4.74 Å². The van der Waals surface area contributed by atoms with Gasteiger partial charge in [-0.25, -0.2) is 13.2 Å². The second-order valence-electron chi connectivity index (χ2n) is 8.03. The van der Waals surface area contributed by atoms with Crippen LogP contribution in [0, 0.1) is 17.2 Å². The number of nitrogens with one attached hydrogen (secondary N) is 1. The van der Waals surface area contributed by atoms with Gasteiger partial charge in [-0.1, -0.05) is 19.9 Å². The molecule has 1 aliphatic rings. The van der Waals surface area contributed by atoms with E-state index in [-0.39, 0.29) is 35.4 Å². The number of carbonyl (C=O) groups is 3. The van der Waals surface area contributed by atoms with Crippen molar-refractivity contribution in [3.63, 3.8) is 0 Å². The molecule has 1 aliphatic heterocycles. The lowest BCUT2D eigenvalue weighted by Gasteiger charge is -2.33. The Morgan fingerprint density at radius 3 is 2.38 bits per heavy atom. The number of hydrogen-bond donors (Lipinski definition) is 1. The first kappa shape index (κ1) is 25.3. The summed E-state index contributed by atoms with van der Waals surface area (Å²) in [4.78, 5) is 37.4. The molecule has 0 bridgehead atoms. The Hall–Kier alpha value is -2.97. The molecule has 1 saturated heterocycles. The molecular formula is C21H28N4O6S. The van der Waals surface area contributed by atoms with Crippen molar-refractivity contribution in [2.24, 2.45) is 5.92 Å². The fourth-order valence-electron chi connectivity index (χ4n) is 3.02. The summed E-state index contributed by atoms with van der Waals surface area (Å²) in [5, 5.41) is 11.8. The average molecular weight is 465 g/mol. The number of piperazine rings is 1. The molecule has 0 aromatic heterocycles. The average Bonchev–Trinajstić information content (AvgIpc) is 2.77. The summed E-state index contributed by atoms with van der Waals surface area (Å²) in [5.74, 6) is -1.77. The van der Waals surface area contributed by atoms with Gasteiger partial charge in [0.2, 0.25) is 15.9 Å². The monoisotopic (exact) mass is 464 g/mol. The zero-order valence-corrected chi connectivity index (χ0v) is 19.4. The lowest BCUT2D eigenvalue weighted by atomic mass is 9.90. The van der Waals surface area contributed by atoms with Gasteiger partial charge in [0.1, 0.15) is 5.54 Å². The van der Waals surface area contributed by atoms with Crippen molar-refractivity contribution in [1.29, 1.82) is 5.26 Å². The topological polar surface area (TPSA) is 137 Å². The third-order valence-electron chi connectivity index (χ3n) is 5.51. The number of benzene rings is 1. The smallest absolute Gasteiger partial charge is 0.338 e. The van der Waals surface area contributed by atoms with Gasteiger partial charge in [0.15, 0.2) is 6.61 Å². The number of hydrogen-bond acceptors (Lipinski definition) is 7.